The van der Waals surface area contributed by atoms with Crippen molar-refractivity contribution in [2.45, 2.75) is 43.6 Å². The highest BCUT2D eigenvalue weighted by Gasteiger charge is 2.41. The summed E-state index contributed by atoms with van der Waals surface area (Å²) in [4.78, 5) is 13.6. The van der Waals surface area contributed by atoms with Crippen LogP contribution in [0.5, 0.6) is 5.75 Å². The van der Waals surface area contributed by atoms with E-state index in [0.717, 1.165) is 38.1 Å². The Morgan fingerprint density at radius 2 is 1.62 bits per heavy atom. The van der Waals surface area contributed by atoms with E-state index in [1.807, 2.05) is 23.1 Å². The zero-order valence-electron chi connectivity index (χ0n) is 22.4. The standard InChI is InChI=1S/C30H33F4N5O/c1-40-26-8-5-17-35-27(26)29(31)15-20-39(21-16-29)28(36-23-11-9-22(10-12-23)30(32,33)34)37-24-13-18-38(19-14-24)25-6-3-2-4-7-25/h2-12,17,24H,13-16,18-21H2,1H3,(H,36,37). The summed E-state index contributed by atoms with van der Waals surface area (Å²) in [6, 6.07) is 18.6. The van der Waals surface area contributed by atoms with Crippen molar-refractivity contribution >= 4 is 17.3 Å². The summed E-state index contributed by atoms with van der Waals surface area (Å²) in [6.45, 7) is 2.43. The first-order chi connectivity index (χ1) is 19.2. The first-order valence-electron chi connectivity index (χ1n) is 13.5. The number of ether oxygens (including phenoxy) is 1. The minimum atomic E-state index is -4.41. The van der Waals surface area contributed by atoms with Gasteiger partial charge in [-0.3, -0.25) is 4.98 Å². The Bertz CT molecular complexity index is 1280. The molecule has 2 aliphatic rings. The molecule has 1 aromatic heterocycles. The van der Waals surface area contributed by atoms with Crippen LogP contribution in [-0.2, 0) is 11.8 Å². The molecule has 2 aromatic carbocycles. The number of para-hydroxylation sites is 1. The predicted octanol–water partition coefficient (Wildman–Crippen LogP) is 6.51. The van der Waals surface area contributed by atoms with E-state index in [-0.39, 0.29) is 18.9 Å². The van der Waals surface area contributed by atoms with Gasteiger partial charge in [-0.1, -0.05) is 18.2 Å². The fraction of sp³-hybridized carbons (Fsp3) is 0.400. The number of guanidine groups is 1. The summed E-state index contributed by atoms with van der Waals surface area (Å²) in [5.74, 6) is 0.966. The van der Waals surface area contributed by atoms with Gasteiger partial charge < -0.3 is 19.9 Å². The number of alkyl halides is 4. The molecule has 40 heavy (non-hydrogen) atoms. The van der Waals surface area contributed by atoms with Gasteiger partial charge in [-0.15, -0.1) is 0 Å². The van der Waals surface area contributed by atoms with Gasteiger partial charge in [0.2, 0.25) is 0 Å². The molecule has 0 aliphatic carbocycles. The van der Waals surface area contributed by atoms with E-state index in [1.54, 1.807) is 18.3 Å². The maximum Gasteiger partial charge on any atom is 0.416 e. The van der Waals surface area contributed by atoms with Crippen molar-refractivity contribution in [3.05, 3.63) is 84.2 Å². The molecule has 1 N–H and O–H groups in total. The minimum absolute atomic E-state index is 0.0323. The van der Waals surface area contributed by atoms with Crippen molar-refractivity contribution in [2.75, 3.05) is 43.5 Å². The second-order valence-electron chi connectivity index (χ2n) is 10.2. The molecule has 2 fully saturated rings. The van der Waals surface area contributed by atoms with Gasteiger partial charge in [0.05, 0.1) is 18.7 Å². The number of methoxy groups -OCH3 is 1. The second-order valence-corrected chi connectivity index (χ2v) is 10.2. The third-order valence-electron chi connectivity index (χ3n) is 7.63. The zero-order valence-corrected chi connectivity index (χ0v) is 22.4. The molecule has 0 saturated carbocycles. The van der Waals surface area contributed by atoms with Crippen LogP contribution in [0, 0.1) is 0 Å². The highest BCUT2D eigenvalue weighted by molar-refractivity contribution is 5.94. The van der Waals surface area contributed by atoms with Crippen molar-refractivity contribution in [1.82, 2.24) is 9.88 Å². The number of aromatic nitrogens is 1. The van der Waals surface area contributed by atoms with E-state index in [2.05, 4.69) is 27.3 Å². The van der Waals surface area contributed by atoms with Gasteiger partial charge in [-0.2, -0.15) is 13.2 Å². The molecule has 2 saturated heterocycles. The van der Waals surface area contributed by atoms with Gasteiger partial charge in [0.25, 0.3) is 0 Å². The van der Waals surface area contributed by atoms with E-state index in [9.17, 15) is 13.2 Å². The topological polar surface area (TPSA) is 53.0 Å². The number of nitrogens with one attached hydrogen (secondary N) is 1. The van der Waals surface area contributed by atoms with Crippen molar-refractivity contribution < 1.29 is 22.3 Å². The van der Waals surface area contributed by atoms with Crippen LogP contribution in [0.25, 0.3) is 0 Å². The Hall–Kier alpha value is -3.82. The highest BCUT2D eigenvalue weighted by atomic mass is 19.4. The lowest BCUT2D eigenvalue weighted by Gasteiger charge is -2.39. The molecule has 212 valence electrons. The summed E-state index contributed by atoms with van der Waals surface area (Å²) in [5.41, 5.74) is -0.400. The van der Waals surface area contributed by atoms with Gasteiger partial charge in [0.15, 0.2) is 11.6 Å². The number of pyridine rings is 1. The normalized spacial score (nSPS) is 18.5. The second kappa shape index (κ2) is 11.7. The summed E-state index contributed by atoms with van der Waals surface area (Å²) < 4.78 is 60.7. The predicted molar refractivity (Wildman–Crippen MR) is 149 cm³/mol. The number of likely N-dealkylation sites (tertiary alicyclic amines) is 1. The molecule has 0 spiro atoms. The Balaban J connectivity index is 1.33. The number of piperidine rings is 2. The lowest BCUT2D eigenvalue weighted by atomic mass is 9.89. The lowest BCUT2D eigenvalue weighted by molar-refractivity contribution is -0.137. The number of anilines is 2. The average Bonchev–Trinajstić information content (AvgIpc) is 2.98. The molecule has 0 unspecified atom stereocenters. The van der Waals surface area contributed by atoms with Crippen LogP contribution in [0.1, 0.15) is 36.9 Å². The van der Waals surface area contributed by atoms with Crippen molar-refractivity contribution in [3.63, 3.8) is 0 Å². The van der Waals surface area contributed by atoms with E-state index in [4.69, 9.17) is 9.73 Å². The number of nitrogens with zero attached hydrogens (tertiary/aromatic N) is 4. The third kappa shape index (κ3) is 6.32. The van der Waals surface area contributed by atoms with Gasteiger partial charge in [0, 0.05) is 56.6 Å². The summed E-state index contributed by atoms with van der Waals surface area (Å²) >= 11 is 0. The van der Waals surface area contributed by atoms with Crippen molar-refractivity contribution in [3.8, 4) is 5.75 Å². The van der Waals surface area contributed by atoms with E-state index in [1.165, 1.54) is 24.9 Å². The average molecular weight is 556 g/mol. The quantitative estimate of drug-likeness (QED) is 0.221. The Morgan fingerprint density at radius 3 is 2.25 bits per heavy atom. The van der Waals surface area contributed by atoms with Gasteiger partial charge in [0.1, 0.15) is 11.4 Å². The number of aliphatic imine (C=N–C) groups is 1. The molecule has 0 bridgehead atoms. The molecular formula is C30H33F4N5O. The maximum absolute atomic E-state index is 16.1. The van der Waals surface area contributed by atoms with Gasteiger partial charge in [-0.05, 0) is 61.4 Å². The fourth-order valence-electron chi connectivity index (χ4n) is 5.33. The SMILES string of the molecule is COc1cccnc1C1(F)CCN(C(=NC2CCN(c3ccccc3)CC2)Nc2ccc(C(F)(F)F)cc2)CC1. The monoisotopic (exact) mass is 555 g/mol. The Morgan fingerprint density at radius 1 is 0.950 bits per heavy atom. The molecule has 0 radical (unpaired) electrons. The first kappa shape index (κ1) is 27.7. The smallest absolute Gasteiger partial charge is 0.416 e. The molecule has 5 rings (SSSR count). The fourth-order valence-corrected chi connectivity index (χ4v) is 5.33. The van der Waals surface area contributed by atoms with Crippen LogP contribution in [0.2, 0.25) is 0 Å². The van der Waals surface area contributed by atoms with E-state index >= 15 is 4.39 Å². The van der Waals surface area contributed by atoms with Crippen LogP contribution in [0.4, 0.5) is 28.9 Å². The zero-order chi connectivity index (χ0) is 28.2. The lowest BCUT2D eigenvalue weighted by Crippen LogP contribution is -2.47. The summed E-state index contributed by atoms with van der Waals surface area (Å²) in [7, 11) is 1.50. The van der Waals surface area contributed by atoms with Crippen molar-refractivity contribution in [1.29, 1.82) is 0 Å². The molecule has 0 atom stereocenters. The summed E-state index contributed by atoms with van der Waals surface area (Å²) in [6.07, 6.45) is -0.822. The minimum Gasteiger partial charge on any atom is -0.495 e. The number of halogens is 4. The van der Waals surface area contributed by atoms with Crippen molar-refractivity contribution in [2.24, 2.45) is 4.99 Å². The number of hydrogen-bond acceptors (Lipinski definition) is 4. The van der Waals surface area contributed by atoms with E-state index < -0.39 is 17.4 Å². The molecule has 2 aliphatic heterocycles. The number of rotatable bonds is 5. The number of benzene rings is 2. The first-order valence-corrected chi connectivity index (χ1v) is 13.5. The van der Waals surface area contributed by atoms with Gasteiger partial charge >= 0.3 is 6.18 Å². The largest absolute Gasteiger partial charge is 0.495 e. The maximum atomic E-state index is 16.1. The number of hydrogen-bond donors (Lipinski definition) is 1. The molecular weight excluding hydrogens is 522 g/mol. The van der Waals surface area contributed by atoms with Gasteiger partial charge in [-0.25, -0.2) is 9.38 Å². The Kier molecular flexibility index (Phi) is 8.14. The molecule has 10 heteroatoms. The van der Waals surface area contributed by atoms with Crippen LogP contribution >= 0.6 is 0 Å². The highest BCUT2D eigenvalue weighted by Crippen LogP contribution is 2.40. The molecule has 6 nitrogen and oxygen atoms in total. The summed E-state index contributed by atoms with van der Waals surface area (Å²) in [5, 5.41) is 3.24. The van der Waals surface area contributed by atoms with Crippen LogP contribution in [-0.4, -0.2) is 55.2 Å². The van der Waals surface area contributed by atoms with Crippen LogP contribution in [0.3, 0.4) is 0 Å². The Labute approximate surface area is 231 Å². The van der Waals surface area contributed by atoms with Crippen LogP contribution in [0.15, 0.2) is 77.9 Å². The molecule has 0 amide bonds. The van der Waals surface area contributed by atoms with Crippen LogP contribution < -0.4 is 15.0 Å². The van der Waals surface area contributed by atoms with E-state index in [0.29, 0.717) is 36.2 Å². The third-order valence-corrected chi connectivity index (χ3v) is 7.63. The molecule has 3 heterocycles. The molecule has 3 aromatic rings.